The first-order valence-corrected chi connectivity index (χ1v) is 10.3. The number of hydrogen-bond acceptors (Lipinski definition) is 5. The molecule has 1 aliphatic heterocycles. The Kier molecular flexibility index (Phi) is 5.03. The molecule has 0 amide bonds. The molecule has 1 aromatic carbocycles. The fourth-order valence-electron chi connectivity index (χ4n) is 3.81. The van der Waals surface area contributed by atoms with Gasteiger partial charge in [0.2, 0.25) is 10.8 Å². The predicted octanol–water partition coefficient (Wildman–Crippen LogP) is -0.430. The largest absolute Gasteiger partial charge is 0.497 e. The molecular weight excluding hydrogens is 362 g/mol. The monoisotopic (exact) mass is 389 g/mol. The smallest absolute Gasteiger partial charge is 0.235 e. The summed E-state index contributed by atoms with van der Waals surface area (Å²) >= 11 is 1.54. The first-order valence-electron chi connectivity index (χ1n) is 9.47. The Balaban J connectivity index is 1.79. The van der Waals surface area contributed by atoms with E-state index in [0.29, 0.717) is 0 Å². The summed E-state index contributed by atoms with van der Waals surface area (Å²) in [6.45, 7) is 6.38. The van der Waals surface area contributed by atoms with E-state index in [4.69, 9.17) is 4.74 Å². The number of aromatic hydroxyl groups is 1. The van der Waals surface area contributed by atoms with Gasteiger partial charge in [0.25, 0.3) is 0 Å². The second-order valence-electron chi connectivity index (χ2n) is 7.19. The highest BCUT2D eigenvalue weighted by molar-refractivity contribution is 7.17. The zero-order valence-corrected chi connectivity index (χ0v) is 16.8. The number of thiazole rings is 1. The number of aryl methyl sites for hydroxylation is 1. The number of methoxy groups -OCH3 is 1. The maximum atomic E-state index is 11.0. The summed E-state index contributed by atoms with van der Waals surface area (Å²) < 4.78 is 7.04. The van der Waals surface area contributed by atoms with Crippen LogP contribution in [0.1, 0.15) is 29.2 Å². The van der Waals surface area contributed by atoms with E-state index in [0.717, 1.165) is 59.6 Å². The number of aromatic nitrogens is 3. The van der Waals surface area contributed by atoms with Gasteiger partial charge in [-0.1, -0.05) is 30.4 Å². The standard InChI is InChI=1S/C19H25N5O2S/c1-4-15-20-19-24(21-15)18(25)17(27-19)16(23-10-8-22(2)9-11-23)13-6-5-7-14(12-13)26-3/h5-7,12,16,25H,4,8-11H2,1-3H3/p+2/t16-/m0/s1. The number of fused-ring (bicyclic) bond motifs is 1. The molecule has 0 spiro atoms. The number of benzene rings is 1. The van der Waals surface area contributed by atoms with E-state index in [1.165, 1.54) is 4.90 Å². The molecule has 0 unspecified atom stereocenters. The Morgan fingerprint density at radius 3 is 2.74 bits per heavy atom. The van der Waals surface area contributed by atoms with E-state index >= 15 is 0 Å². The van der Waals surface area contributed by atoms with Crippen molar-refractivity contribution in [3.8, 4) is 11.6 Å². The summed E-state index contributed by atoms with van der Waals surface area (Å²) in [7, 11) is 3.93. The van der Waals surface area contributed by atoms with Crippen molar-refractivity contribution in [3.63, 3.8) is 0 Å². The molecule has 0 bridgehead atoms. The highest BCUT2D eigenvalue weighted by Gasteiger charge is 2.35. The van der Waals surface area contributed by atoms with Gasteiger partial charge in [0.15, 0.2) is 11.9 Å². The molecule has 8 heteroatoms. The van der Waals surface area contributed by atoms with Crippen molar-refractivity contribution in [2.75, 3.05) is 40.3 Å². The molecule has 0 radical (unpaired) electrons. The van der Waals surface area contributed by atoms with Crippen LogP contribution in [0.5, 0.6) is 11.6 Å². The van der Waals surface area contributed by atoms with Crippen LogP contribution in [-0.4, -0.2) is 60.0 Å². The number of quaternary nitrogens is 2. The van der Waals surface area contributed by atoms with Crippen LogP contribution in [0.15, 0.2) is 24.3 Å². The Bertz CT molecular complexity index is 929. The Labute approximate surface area is 162 Å². The Morgan fingerprint density at radius 2 is 2.07 bits per heavy atom. The summed E-state index contributed by atoms with van der Waals surface area (Å²) in [6, 6.07) is 8.23. The van der Waals surface area contributed by atoms with Crippen molar-refractivity contribution < 1.29 is 19.6 Å². The van der Waals surface area contributed by atoms with Crippen molar-refractivity contribution in [1.29, 1.82) is 0 Å². The molecule has 27 heavy (non-hydrogen) atoms. The molecule has 144 valence electrons. The number of likely N-dealkylation sites (N-methyl/N-ethyl adjacent to an activating group) is 1. The van der Waals surface area contributed by atoms with Crippen LogP contribution in [0.4, 0.5) is 0 Å². The quantitative estimate of drug-likeness (QED) is 0.554. The van der Waals surface area contributed by atoms with Gasteiger partial charge in [-0.2, -0.15) is 4.52 Å². The molecule has 3 N–H and O–H groups in total. The fourth-order valence-corrected chi connectivity index (χ4v) is 4.97. The van der Waals surface area contributed by atoms with E-state index in [1.807, 2.05) is 19.1 Å². The molecular formula is C19H27N5O2S+2. The maximum Gasteiger partial charge on any atom is 0.235 e. The van der Waals surface area contributed by atoms with Crippen LogP contribution in [0.25, 0.3) is 4.96 Å². The summed E-state index contributed by atoms with van der Waals surface area (Å²) in [5, 5.41) is 15.4. The number of rotatable bonds is 5. The van der Waals surface area contributed by atoms with Crippen LogP contribution in [0, 0.1) is 0 Å². The van der Waals surface area contributed by atoms with Crippen molar-refractivity contribution in [2.24, 2.45) is 0 Å². The molecule has 1 aliphatic rings. The minimum Gasteiger partial charge on any atom is -0.497 e. The van der Waals surface area contributed by atoms with E-state index in [1.54, 1.807) is 27.9 Å². The zero-order chi connectivity index (χ0) is 19.0. The molecule has 0 aliphatic carbocycles. The molecule has 3 aromatic rings. The highest BCUT2D eigenvalue weighted by Crippen LogP contribution is 2.35. The molecule has 0 saturated carbocycles. The highest BCUT2D eigenvalue weighted by atomic mass is 32.1. The first-order chi connectivity index (χ1) is 13.1. The predicted molar refractivity (Wildman–Crippen MR) is 104 cm³/mol. The van der Waals surface area contributed by atoms with Crippen LogP contribution in [0.2, 0.25) is 0 Å². The van der Waals surface area contributed by atoms with E-state index in [9.17, 15) is 5.11 Å². The van der Waals surface area contributed by atoms with E-state index in [-0.39, 0.29) is 11.9 Å². The molecule has 1 saturated heterocycles. The van der Waals surface area contributed by atoms with Gasteiger partial charge in [-0.25, -0.2) is 4.98 Å². The fraction of sp³-hybridized carbons (Fsp3) is 0.474. The molecule has 2 aromatic heterocycles. The van der Waals surface area contributed by atoms with Crippen molar-refractivity contribution in [1.82, 2.24) is 14.6 Å². The number of ether oxygens (including phenoxy) is 1. The summed E-state index contributed by atoms with van der Waals surface area (Å²) in [4.78, 5) is 9.25. The lowest BCUT2D eigenvalue weighted by Gasteiger charge is -2.33. The third-order valence-electron chi connectivity index (χ3n) is 5.40. The van der Waals surface area contributed by atoms with Crippen LogP contribution < -0.4 is 14.5 Å². The van der Waals surface area contributed by atoms with Gasteiger partial charge in [0.1, 0.15) is 36.8 Å². The lowest BCUT2D eigenvalue weighted by molar-refractivity contribution is -1.02. The third kappa shape index (κ3) is 3.40. The van der Waals surface area contributed by atoms with Crippen LogP contribution in [-0.2, 0) is 6.42 Å². The van der Waals surface area contributed by atoms with Crippen molar-refractivity contribution in [2.45, 2.75) is 19.4 Å². The second kappa shape index (κ2) is 7.46. The Morgan fingerprint density at radius 1 is 1.30 bits per heavy atom. The van der Waals surface area contributed by atoms with Gasteiger partial charge >= 0.3 is 0 Å². The number of nitrogens with zero attached hydrogens (tertiary/aromatic N) is 3. The SMILES string of the molecule is CCc1nc2sc([C@H](c3cccc(OC)c3)[NH+]3CC[NH+](C)CC3)c(O)n2n1. The van der Waals surface area contributed by atoms with E-state index < -0.39 is 0 Å². The minimum atomic E-state index is 0.0479. The number of nitrogens with one attached hydrogen (secondary N) is 2. The summed E-state index contributed by atoms with van der Waals surface area (Å²) in [6.07, 6.45) is 0.759. The molecule has 1 fully saturated rings. The molecule has 7 nitrogen and oxygen atoms in total. The third-order valence-corrected chi connectivity index (χ3v) is 6.49. The lowest BCUT2D eigenvalue weighted by atomic mass is 10.0. The Hall–Kier alpha value is -2.16. The normalized spacial score (nSPS) is 21.4. The summed E-state index contributed by atoms with van der Waals surface area (Å²) in [5.74, 6) is 1.81. The summed E-state index contributed by atoms with van der Waals surface area (Å²) in [5.41, 5.74) is 1.15. The van der Waals surface area contributed by atoms with Gasteiger partial charge in [-0.05, 0) is 12.1 Å². The average molecular weight is 390 g/mol. The molecule has 3 heterocycles. The van der Waals surface area contributed by atoms with Gasteiger partial charge in [-0.15, -0.1) is 5.10 Å². The second-order valence-corrected chi connectivity index (χ2v) is 8.20. The minimum absolute atomic E-state index is 0.0479. The van der Waals surface area contributed by atoms with Crippen LogP contribution >= 0.6 is 11.3 Å². The molecule has 1 atom stereocenters. The van der Waals surface area contributed by atoms with Gasteiger partial charge in [0.05, 0.1) is 14.2 Å². The maximum absolute atomic E-state index is 11.0. The van der Waals surface area contributed by atoms with Crippen LogP contribution in [0.3, 0.4) is 0 Å². The van der Waals surface area contributed by atoms with Crippen molar-refractivity contribution in [3.05, 3.63) is 40.5 Å². The van der Waals surface area contributed by atoms with Gasteiger partial charge < -0.3 is 19.6 Å². The van der Waals surface area contributed by atoms with Gasteiger partial charge in [0, 0.05) is 12.0 Å². The lowest BCUT2D eigenvalue weighted by Crippen LogP contribution is -3.27. The number of hydrogen-bond donors (Lipinski definition) is 3. The number of piperazine rings is 1. The zero-order valence-electron chi connectivity index (χ0n) is 16.0. The molecule has 4 rings (SSSR count). The van der Waals surface area contributed by atoms with Crippen molar-refractivity contribution >= 4 is 16.3 Å². The first kappa shape index (κ1) is 18.2. The average Bonchev–Trinajstić information content (AvgIpc) is 3.23. The topological polar surface area (TPSA) is 68.5 Å². The van der Waals surface area contributed by atoms with E-state index in [2.05, 4.69) is 29.3 Å². The van der Waals surface area contributed by atoms with Gasteiger partial charge in [-0.3, -0.25) is 0 Å².